The SMILES string of the molecule is CCc1ccc2ccnc(N)c2n1. The molecule has 0 unspecified atom stereocenters. The molecule has 0 aliphatic rings. The van der Waals surface area contributed by atoms with Gasteiger partial charge in [-0.1, -0.05) is 13.0 Å². The molecule has 0 saturated carbocycles. The molecule has 0 aromatic carbocycles. The van der Waals surface area contributed by atoms with Crippen molar-refractivity contribution in [2.24, 2.45) is 0 Å². The highest BCUT2D eigenvalue weighted by Gasteiger charge is 2.00. The minimum Gasteiger partial charge on any atom is -0.382 e. The van der Waals surface area contributed by atoms with Crippen molar-refractivity contribution in [3.05, 3.63) is 30.1 Å². The topological polar surface area (TPSA) is 51.8 Å². The average molecular weight is 173 g/mol. The van der Waals surface area contributed by atoms with E-state index in [1.165, 1.54) is 0 Å². The summed E-state index contributed by atoms with van der Waals surface area (Å²) in [4.78, 5) is 8.40. The molecule has 2 rings (SSSR count). The van der Waals surface area contributed by atoms with Crippen LogP contribution in [0.5, 0.6) is 0 Å². The number of hydrogen-bond donors (Lipinski definition) is 1. The molecule has 2 N–H and O–H groups in total. The first-order valence-corrected chi connectivity index (χ1v) is 4.31. The third-order valence-electron chi connectivity index (χ3n) is 2.06. The molecule has 3 nitrogen and oxygen atoms in total. The van der Waals surface area contributed by atoms with E-state index in [0.29, 0.717) is 5.82 Å². The van der Waals surface area contributed by atoms with Crippen molar-refractivity contribution in [2.75, 3.05) is 5.73 Å². The van der Waals surface area contributed by atoms with Gasteiger partial charge in [0.15, 0.2) is 0 Å². The van der Waals surface area contributed by atoms with Crippen LogP contribution in [0, 0.1) is 0 Å². The van der Waals surface area contributed by atoms with Crippen LogP contribution in [-0.2, 0) is 6.42 Å². The summed E-state index contributed by atoms with van der Waals surface area (Å²) in [5, 5.41) is 1.05. The Kier molecular flexibility index (Phi) is 1.85. The highest BCUT2D eigenvalue weighted by molar-refractivity contribution is 5.86. The van der Waals surface area contributed by atoms with Crippen LogP contribution < -0.4 is 5.73 Å². The van der Waals surface area contributed by atoms with Gasteiger partial charge in [-0.25, -0.2) is 9.97 Å². The van der Waals surface area contributed by atoms with Crippen molar-refractivity contribution in [2.45, 2.75) is 13.3 Å². The van der Waals surface area contributed by atoms with Gasteiger partial charge in [0.2, 0.25) is 0 Å². The number of nitrogens with two attached hydrogens (primary N) is 1. The summed E-state index contributed by atoms with van der Waals surface area (Å²) in [7, 11) is 0. The quantitative estimate of drug-likeness (QED) is 0.715. The molecule has 66 valence electrons. The van der Waals surface area contributed by atoms with Crippen molar-refractivity contribution in [3.63, 3.8) is 0 Å². The van der Waals surface area contributed by atoms with E-state index in [1.807, 2.05) is 18.2 Å². The molecular formula is C10H11N3. The van der Waals surface area contributed by atoms with Gasteiger partial charge >= 0.3 is 0 Å². The third-order valence-corrected chi connectivity index (χ3v) is 2.06. The normalized spacial score (nSPS) is 10.5. The lowest BCUT2D eigenvalue weighted by Gasteiger charge is -2.01. The standard InChI is InChI=1S/C10H11N3/c1-2-8-4-3-7-5-6-12-10(11)9(7)13-8/h3-6H,2H2,1H3,(H2,11,12). The summed E-state index contributed by atoms with van der Waals surface area (Å²) in [6.07, 6.45) is 2.62. The Hall–Kier alpha value is -1.64. The Balaban J connectivity index is 2.74. The predicted molar refractivity (Wildman–Crippen MR) is 53.3 cm³/mol. The zero-order chi connectivity index (χ0) is 9.26. The number of nitrogens with zero attached hydrogens (tertiary/aromatic N) is 2. The zero-order valence-corrected chi connectivity index (χ0v) is 7.49. The minimum atomic E-state index is 0.507. The lowest BCUT2D eigenvalue weighted by atomic mass is 10.2. The predicted octanol–water partition coefficient (Wildman–Crippen LogP) is 1.77. The number of aromatic nitrogens is 2. The Morgan fingerprint density at radius 1 is 1.31 bits per heavy atom. The van der Waals surface area contributed by atoms with Gasteiger partial charge in [0.1, 0.15) is 11.3 Å². The van der Waals surface area contributed by atoms with Gasteiger partial charge in [0.25, 0.3) is 0 Å². The molecule has 0 amide bonds. The third kappa shape index (κ3) is 1.33. The first-order valence-electron chi connectivity index (χ1n) is 4.31. The fourth-order valence-corrected chi connectivity index (χ4v) is 1.31. The van der Waals surface area contributed by atoms with Gasteiger partial charge in [-0.2, -0.15) is 0 Å². The first-order chi connectivity index (χ1) is 6.31. The van der Waals surface area contributed by atoms with Gasteiger partial charge in [-0.15, -0.1) is 0 Å². The lowest BCUT2D eigenvalue weighted by Crippen LogP contribution is -1.95. The maximum Gasteiger partial charge on any atom is 0.149 e. The largest absolute Gasteiger partial charge is 0.382 e. The second kappa shape index (κ2) is 3.01. The molecule has 0 fully saturated rings. The van der Waals surface area contributed by atoms with Crippen LogP contribution in [0.1, 0.15) is 12.6 Å². The Labute approximate surface area is 76.6 Å². The Morgan fingerprint density at radius 3 is 2.92 bits per heavy atom. The van der Waals surface area contributed by atoms with Crippen LogP contribution in [0.15, 0.2) is 24.4 Å². The number of rotatable bonds is 1. The van der Waals surface area contributed by atoms with E-state index >= 15 is 0 Å². The maximum absolute atomic E-state index is 5.71. The number of anilines is 1. The monoisotopic (exact) mass is 173 g/mol. The molecule has 13 heavy (non-hydrogen) atoms. The van der Waals surface area contributed by atoms with Crippen LogP contribution >= 0.6 is 0 Å². The molecule has 0 bridgehead atoms. The summed E-state index contributed by atoms with van der Waals surface area (Å²) in [6, 6.07) is 5.96. The summed E-state index contributed by atoms with van der Waals surface area (Å²) in [6.45, 7) is 2.07. The van der Waals surface area contributed by atoms with Gasteiger partial charge in [-0.05, 0) is 18.6 Å². The summed E-state index contributed by atoms with van der Waals surface area (Å²) >= 11 is 0. The first kappa shape index (κ1) is 7.98. The van der Waals surface area contributed by atoms with Crippen LogP contribution in [-0.4, -0.2) is 9.97 Å². The highest BCUT2D eigenvalue weighted by atomic mass is 14.9. The molecular weight excluding hydrogens is 162 g/mol. The molecule has 2 aromatic heterocycles. The molecule has 0 spiro atoms. The van der Waals surface area contributed by atoms with E-state index in [0.717, 1.165) is 23.0 Å². The van der Waals surface area contributed by atoms with Gasteiger partial charge in [-0.3, -0.25) is 0 Å². The average Bonchev–Trinajstić information content (AvgIpc) is 2.18. The van der Waals surface area contributed by atoms with Crippen LogP contribution in [0.25, 0.3) is 10.9 Å². The van der Waals surface area contributed by atoms with E-state index in [9.17, 15) is 0 Å². The van der Waals surface area contributed by atoms with E-state index < -0.39 is 0 Å². The number of pyridine rings is 2. The van der Waals surface area contributed by atoms with Gasteiger partial charge < -0.3 is 5.73 Å². The Bertz CT molecular complexity index is 437. The highest BCUT2D eigenvalue weighted by Crippen LogP contribution is 2.16. The number of nitrogen functional groups attached to an aromatic ring is 1. The molecule has 3 heteroatoms. The lowest BCUT2D eigenvalue weighted by molar-refractivity contribution is 1.05. The Morgan fingerprint density at radius 2 is 2.15 bits per heavy atom. The maximum atomic E-state index is 5.71. The molecule has 2 heterocycles. The fraction of sp³-hybridized carbons (Fsp3) is 0.200. The number of fused-ring (bicyclic) bond motifs is 1. The van der Waals surface area contributed by atoms with E-state index in [1.54, 1.807) is 6.20 Å². The molecule has 0 aliphatic heterocycles. The summed E-state index contributed by atoms with van der Waals surface area (Å²) in [5.41, 5.74) is 7.56. The number of aryl methyl sites for hydroxylation is 1. The van der Waals surface area contributed by atoms with Crippen molar-refractivity contribution in [1.29, 1.82) is 0 Å². The van der Waals surface area contributed by atoms with Crippen molar-refractivity contribution < 1.29 is 0 Å². The van der Waals surface area contributed by atoms with E-state index in [-0.39, 0.29) is 0 Å². The van der Waals surface area contributed by atoms with Crippen molar-refractivity contribution >= 4 is 16.7 Å². The second-order valence-corrected chi connectivity index (χ2v) is 2.92. The van der Waals surface area contributed by atoms with Crippen LogP contribution in [0.2, 0.25) is 0 Å². The van der Waals surface area contributed by atoms with Gasteiger partial charge in [0.05, 0.1) is 0 Å². The summed E-state index contributed by atoms with van der Waals surface area (Å²) in [5.74, 6) is 0.507. The summed E-state index contributed by atoms with van der Waals surface area (Å²) < 4.78 is 0. The van der Waals surface area contributed by atoms with Crippen LogP contribution in [0.4, 0.5) is 5.82 Å². The van der Waals surface area contributed by atoms with Gasteiger partial charge in [0, 0.05) is 17.3 Å². The van der Waals surface area contributed by atoms with E-state index in [2.05, 4.69) is 16.9 Å². The molecule has 0 atom stereocenters. The second-order valence-electron chi connectivity index (χ2n) is 2.92. The van der Waals surface area contributed by atoms with Crippen molar-refractivity contribution in [3.8, 4) is 0 Å². The zero-order valence-electron chi connectivity index (χ0n) is 7.49. The minimum absolute atomic E-state index is 0.507. The molecule has 0 saturated heterocycles. The molecule has 2 aromatic rings. The molecule has 0 radical (unpaired) electrons. The fourth-order valence-electron chi connectivity index (χ4n) is 1.31. The number of hydrogen-bond acceptors (Lipinski definition) is 3. The molecule has 0 aliphatic carbocycles. The van der Waals surface area contributed by atoms with Crippen LogP contribution in [0.3, 0.4) is 0 Å². The van der Waals surface area contributed by atoms with Crippen molar-refractivity contribution in [1.82, 2.24) is 9.97 Å². The van der Waals surface area contributed by atoms with E-state index in [4.69, 9.17) is 5.73 Å². The smallest absolute Gasteiger partial charge is 0.149 e.